The number of nitrogens with two attached hydrogens (primary N) is 2. The Morgan fingerprint density at radius 3 is 1.22 bits per heavy atom. The van der Waals surface area contributed by atoms with E-state index in [0.717, 1.165) is 22.7 Å². The zero-order valence-corrected chi connectivity index (χ0v) is 54.5. The standard InChI is InChI=1S/C24H25NO6.C14H9NO3.C12H17NO5.C12H22O3S.C6H7NO.CH4O/c1-13-14(2)21(30-16(4)26)24(29-15(13)3)31-18-11-9-17(10-12-18)25-22(27)19-7-5-6-8-20(19)23(25)28;16-10-7-5-9(6-8-10)15-13(17)11-3-1-2-4-12(11)14(15)18;1-6-9(14)10(15)11(16)12(17-6)18-8-4-2-7(13)3-5-8;1-6-16-12-11(15-10(5)13)8(3)7(2)9(4)14-12;7-5-1-3-6(8)4-2-5;1-2/h5-15,21,24H,1-4H3;1-8,16H;2-6,9-12,14-16H,13H2,1H3;7-9,11-12H,6H2,1-5H3;1-4,8H,7H2;2H,1H3/t13-,14+,15?,21?,24+;;6?,9-,10-,11?,12-;7-,8+,9?,11?,12+;;/m1.01../s1. The number of carbonyl (C=O) groups excluding carboxylic acids is 6. The second-order valence-corrected chi connectivity index (χ2v) is 23.9. The van der Waals surface area contributed by atoms with Crippen LogP contribution in [0.2, 0.25) is 0 Å². The third-order valence-corrected chi connectivity index (χ3v) is 17.3. The number of phenols is 2. The van der Waals surface area contributed by atoms with Gasteiger partial charge in [0.2, 0.25) is 12.6 Å². The fraction of sp³-hybridized carbons (Fsp3) is 0.391. The molecule has 4 amide bonds. The van der Waals surface area contributed by atoms with E-state index >= 15 is 0 Å². The van der Waals surface area contributed by atoms with E-state index < -0.39 is 49.1 Å². The van der Waals surface area contributed by atoms with Crippen LogP contribution in [-0.4, -0.2) is 146 Å². The lowest BCUT2D eigenvalue weighted by molar-refractivity contribution is -0.268. The minimum absolute atomic E-state index is 0.0184. The first-order valence-electron chi connectivity index (χ1n) is 30.2. The van der Waals surface area contributed by atoms with Crippen molar-refractivity contribution in [3.8, 4) is 23.0 Å². The molecular weight excluding hydrogens is 1220 g/mol. The molecular formula is C69H84N4O19S. The number of esters is 2. The number of fused-ring (bicyclic) bond motifs is 2. The molecule has 15 atom stereocenters. The maximum atomic E-state index is 12.7. The Labute approximate surface area is 545 Å². The molecule has 500 valence electrons. The van der Waals surface area contributed by atoms with Gasteiger partial charge in [-0.15, -0.1) is 11.8 Å². The number of ether oxygens (including phenoxy) is 7. The van der Waals surface area contributed by atoms with Gasteiger partial charge < -0.3 is 75.3 Å². The molecule has 5 aliphatic rings. The van der Waals surface area contributed by atoms with Crippen molar-refractivity contribution < 1.29 is 92.6 Å². The molecule has 6 aromatic rings. The van der Waals surface area contributed by atoms with Crippen LogP contribution in [0.3, 0.4) is 0 Å². The van der Waals surface area contributed by atoms with Crippen LogP contribution >= 0.6 is 11.8 Å². The monoisotopic (exact) mass is 1300 g/mol. The van der Waals surface area contributed by atoms with Crippen molar-refractivity contribution in [2.24, 2.45) is 23.7 Å². The maximum absolute atomic E-state index is 12.7. The molecule has 23 nitrogen and oxygen atoms in total. The van der Waals surface area contributed by atoms with Crippen molar-refractivity contribution >= 4 is 70.1 Å². The van der Waals surface area contributed by atoms with Crippen molar-refractivity contribution in [3.05, 3.63) is 168 Å². The quantitative estimate of drug-likeness (QED) is 0.0275. The van der Waals surface area contributed by atoms with Crippen molar-refractivity contribution in [1.29, 1.82) is 0 Å². The van der Waals surface area contributed by atoms with Crippen LogP contribution in [-0.2, 0) is 33.3 Å². The number of aliphatic hydroxyl groups is 4. The number of nitrogens with zero attached hydrogens (tertiary/aromatic N) is 2. The summed E-state index contributed by atoms with van der Waals surface area (Å²) in [6.07, 6.45) is -6.64. The third-order valence-electron chi connectivity index (χ3n) is 16.2. The summed E-state index contributed by atoms with van der Waals surface area (Å²) >= 11 is 1.71. The predicted octanol–water partition coefficient (Wildman–Crippen LogP) is 8.75. The molecule has 0 spiro atoms. The molecule has 11 rings (SSSR count). The summed E-state index contributed by atoms with van der Waals surface area (Å²) in [5.74, 6) is 1.28. The number of phenolic OH excluding ortho intramolecular Hbond substituents is 2. The molecule has 0 saturated carbocycles. The second kappa shape index (κ2) is 33.8. The topological polar surface area (TPSA) is 347 Å². The van der Waals surface area contributed by atoms with Gasteiger partial charge in [-0.25, -0.2) is 9.80 Å². The zero-order valence-electron chi connectivity index (χ0n) is 53.7. The lowest BCUT2D eigenvalue weighted by atomic mass is 9.84. The summed E-state index contributed by atoms with van der Waals surface area (Å²) in [5.41, 5.74) is 14.6. The minimum atomic E-state index is -1.31. The molecule has 93 heavy (non-hydrogen) atoms. The van der Waals surface area contributed by atoms with E-state index in [0.29, 0.717) is 68.3 Å². The smallest absolute Gasteiger partial charge is 0.303 e. The predicted molar refractivity (Wildman–Crippen MR) is 349 cm³/mol. The van der Waals surface area contributed by atoms with Crippen LogP contribution < -0.4 is 30.7 Å². The first-order chi connectivity index (χ1) is 44.2. The highest BCUT2D eigenvalue weighted by Gasteiger charge is 2.46. The SMILES string of the molecule is CC(=O)OC1[C@H](Oc2ccc(N3C(=O)c4ccccc4C3=O)cc2)OC(C)[C@H](C)[C@@H]1C.CC1O[C@@H](Oc2ccc(N)cc2)C(O)[C@@H](O)[C@H]1O.CCS[C@@H]1OC(C)[C@H](C)[C@H](C)C1OC(C)=O.CO.Nc1ccc(O)cc1.O=C1c2ccccc2C(=O)N1c1ccc(O)cc1. The van der Waals surface area contributed by atoms with E-state index in [4.69, 9.17) is 54.8 Å². The molecule has 3 saturated heterocycles. The average Bonchev–Trinajstić information content (AvgIpc) is 1.67. The fourth-order valence-corrected chi connectivity index (χ4v) is 11.5. The highest BCUT2D eigenvalue weighted by Crippen LogP contribution is 2.39. The Kier molecular flexibility index (Phi) is 26.7. The first-order valence-corrected chi connectivity index (χ1v) is 31.2. The van der Waals surface area contributed by atoms with Gasteiger partial charge in [-0.2, -0.15) is 0 Å². The molecule has 6 aromatic carbocycles. The molecule has 6 unspecified atom stereocenters. The van der Waals surface area contributed by atoms with Gasteiger partial charge in [-0.3, -0.25) is 28.8 Å². The summed E-state index contributed by atoms with van der Waals surface area (Å²) in [7, 11) is 1.00. The van der Waals surface area contributed by atoms with Gasteiger partial charge in [0.05, 0.1) is 51.9 Å². The average molecular weight is 1310 g/mol. The molecule has 10 N–H and O–H groups in total. The number of benzene rings is 6. The largest absolute Gasteiger partial charge is 0.508 e. The summed E-state index contributed by atoms with van der Waals surface area (Å²) in [4.78, 5) is 74.6. The van der Waals surface area contributed by atoms with Crippen LogP contribution in [0.25, 0.3) is 0 Å². The number of aromatic hydroxyl groups is 2. The number of imide groups is 2. The van der Waals surface area contributed by atoms with Crippen LogP contribution in [0.4, 0.5) is 22.7 Å². The molecule has 0 aliphatic carbocycles. The number of hydrogen-bond acceptors (Lipinski definition) is 22. The van der Waals surface area contributed by atoms with E-state index in [1.54, 1.807) is 140 Å². The Balaban J connectivity index is 0.000000193. The van der Waals surface area contributed by atoms with Crippen molar-refractivity contribution in [1.82, 2.24) is 0 Å². The number of amides is 4. The molecule has 3 fully saturated rings. The van der Waals surface area contributed by atoms with Crippen molar-refractivity contribution in [2.75, 3.05) is 34.1 Å². The van der Waals surface area contributed by atoms with Gasteiger partial charge in [0, 0.05) is 44.2 Å². The number of carbonyl (C=O) groups is 6. The van der Waals surface area contributed by atoms with E-state index in [1.807, 2.05) is 13.8 Å². The minimum Gasteiger partial charge on any atom is -0.508 e. The molecule has 24 heteroatoms. The Hall–Kier alpha value is -8.59. The number of hydrogen-bond donors (Lipinski definition) is 8. The number of aliphatic hydroxyl groups excluding tert-OH is 4. The Bertz CT molecular complexity index is 3360. The molecule has 5 heterocycles. The molecule has 5 aliphatic heterocycles. The Morgan fingerprint density at radius 2 is 0.806 bits per heavy atom. The van der Waals surface area contributed by atoms with Crippen LogP contribution in [0.5, 0.6) is 23.0 Å². The summed E-state index contributed by atoms with van der Waals surface area (Å²) in [6, 6.07) is 39.0. The van der Waals surface area contributed by atoms with Gasteiger partial charge in [-0.05, 0) is 160 Å². The van der Waals surface area contributed by atoms with E-state index in [9.17, 15) is 49.2 Å². The lowest BCUT2D eigenvalue weighted by Crippen LogP contribution is -2.58. The van der Waals surface area contributed by atoms with Crippen LogP contribution in [0.1, 0.15) is 111 Å². The van der Waals surface area contributed by atoms with Gasteiger partial charge >= 0.3 is 11.9 Å². The lowest BCUT2D eigenvalue weighted by Gasteiger charge is -2.42. The van der Waals surface area contributed by atoms with Crippen LogP contribution in [0.15, 0.2) is 146 Å². The first kappa shape index (κ1) is 73.5. The highest BCUT2D eigenvalue weighted by molar-refractivity contribution is 7.99. The molecule has 0 aromatic heterocycles. The maximum Gasteiger partial charge on any atom is 0.303 e. The number of anilines is 4. The second-order valence-electron chi connectivity index (χ2n) is 22.5. The van der Waals surface area contributed by atoms with Gasteiger partial charge in [-0.1, -0.05) is 58.9 Å². The highest BCUT2D eigenvalue weighted by atomic mass is 32.2. The van der Waals surface area contributed by atoms with E-state index in [-0.39, 0.29) is 76.7 Å². The number of thioether (sulfide) groups is 1. The fourth-order valence-electron chi connectivity index (χ4n) is 10.4. The zero-order chi connectivity index (χ0) is 68.5. The summed E-state index contributed by atoms with van der Waals surface area (Å²) in [5, 5.41) is 53.8. The van der Waals surface area contributed by atoms with Crippen molar-refractivity contribution in [2.45, 2.75) is 136 Å². The van der Waals surface area contributed by atoms with E-state index in [1.165, 1.54) is 38.1 Å². The molecule has 0 bridgehead atoms. The van der Waals surface area contributed by atoms with Crippen molar-refractivity contribution in [3.63, 3.8) is 0 Å². The normalized spacial score (nSPS) is 26.6. The molecule has 0 radical (unpaired) electrons. The Morgan fingerprint density at radius 1 is 0.462 bits per heavy atom. The van der Waals surface area contributed by atoms with Gasteiger partial charge in [0.1, 0.15) is 52.8 Å². The number of rotatable bonds is 10. The summed E-state index contributed by atoms with van der Waals surface area (Å²) < 4.78 is 39.5. The van der Waals surface area contributed by atoms with Gasteiger partial charge in [0.25, 0.3) is 23.6 Å². The third kappa shape index (κ3) is 18.6. The van der Waals surface area contributed by atoms with E-state index in [2.05, 4.69) is 34.6 Å². The number of nitrogen functional groups attached to an aromatic ring is 2. The van der Waals surface area contributed by atoms with Gasteiger partial charge in [0.15, 0.2) is 6.10 Å². The summed E-state index contributed by atoms with van der Waals surface area (Å²) in [6.45, 7) is 18.9. The van der Waals surface area contributed by atoms with Crippen LogP contribution in [0, 0.1) is 23.7 Å².